The van der Waals surface area contributed by atoms with E-state index >= 15 is 0 Å². The largest absolute Gasteiger partial charge is 0.0654 e. The van der Waals surface area contributed by atoms with Crippen LogP contribution in [0.25, 0.3) is 0 Å². The lowest BCUT2D eigenvalue weighted by Gasteiger charge is -2.32. The van der Waals surface area contributed by atoms with Crippen LogP contribution in [0, 0.1) is 11.8 Å². The van der Waals surface area contributed by atoms with E-state index in [1.54, 1.807) is 0 Å². The maximum absolute atomic E-state index is 2.34. The first kappa shape index (κ1) is 6.12. The Balaban J connectivity index is 2.08. The van der Waals surface area contributed by atoms with Crippen molar-refractivity contribution in [3.63, 3.8) is 0 Å². The summed E-state index contributed by atoms with van der Waals surface area (Å²) in [5.41, 5.74) is 0. The highest BCUT2D eigenvalue weighted by molar-refractivity contribution is 5.02. The van der Waals surface area contributed by atoms with Gasteiger partial charge in [0.05, 0.1) is 0 Å². The van der Waals surface area contributed by atoms with Crippen LogP contribution in [-0.2, 0) is 0 Å². The molecule has 0 N–H and O–H groups in total. The molecule has 1 atom stereocenters. The molecule has 0 nitrogen and oxygen atoms in total. The fourth-order valence-corrected chi connectivity index (χ4v) is 1.33. The molecule has 0 heteroatoms. The third kappa shape index (κ3) is 1.04. The third-order valence-electron chi connectivity index (χ3n) is 2.17. The standard InChI is InChI=1S/C8H15/c1-3-4-8-6-5-7(8)2/h7H,3-6H2,1-2H3. The van der Waals surface area contributed by atoms with Crippen molar-refractivity contribution in [1.29, 1.82) is 0 Å². The molecule has 1 unspecified atom stereocenters. The van der Waals surface area contributed by atoms with E-state index in [4.69, 9.17) is 0 Å². The average Bonchev–Trinajstić information content (AvgIpc) is 1.79. The Morgan fingerprint density at radius 3 is 2.50 bits per heavy atom. The molecule has 0 aliphatic heterocycles. The van der Waals surface area contributed by atoms with E-state index in [2.05, 4.69) is 13.8 Å². The molecule has 0 aromatic carbocycles. The molecule has 0 bridgehead atoms. The summed E-state index contributed by atoms with van der Waals surface area (Å²) in [4.78, 5) is 0. The zero-order valence-corrected chi connectivity index (χ0v) is 5.91. The molecule has 1 radical (unpaired) electrons. The molecule has 8 heavy (non-hydrogen) atoms. The van der Waals surface area contributed by atoms with Gasteiger partial charge in [0.25, 0.3) is 0 Å². The fraction of sp³-hybridized carbons (Fsp3) is 0.875. The first-order chi connectivity index (χ1) is 3.84. The summed E-state index contributed by atoms with van der Waals surface area (Å²) in [5.74, 6) is 2.78. The SMILES string of the molecule is CCC[C]1CCC1C. The lowest BCUT2D eigenvalue weighted by atomic mass is 9.73. The lowest BCUT2D eigenvalue weighted by Crippen LogP contribution is -2.19. The van der Waals surface area contributed by atoms with Crippen LogP contribution in [0.15, 0.2) is 0 Å². The molecule has 1 saturated carbocycles. The first-order valence-corrected chi connectivity index (χ1v) is 3.69. The normalized spacial score (nSPS) is 30.0. The fourth-order valence-electron chi connectivity index (χ4n) is 1.33. The Kier molecular flexibility index (Phi) is 1.93. The Morgan fingerprint density at radius 1 is 1.62 bits per heavy atom. The molecule has 47 valence electrons. The highest BCUT2D eigenvalue weighted by atomic mass is 14.3. The van der Waals surface area contributed by atoms with E-state index < -0.39 is 0 Å². The molecule has 1 aliphatic rings. The van der Waals surface area contributed by atoms with Crippen molar-refractivity contribution in [2.75, 3.05) is 0 Å². The molecule has 1 aliphatic carbocycles. The van der Waals surface area contributed by atoms with Crippen molar-refractivity contribution in [3.8, 4) is 0 Å². The second-order valence-electron chi connectivity index (χ2n) is 2.85. The molecule has 1 fully saturated rings. The Hall–Kier alpha value is 0. The van der Waals surface area contributed by atoms with Crippen molar-refractivity contribution in [3.05, 3.63) is 5.92 Å². The molecule has 1 rings (SSSR count). The molecule has 0 aromatic rings. The van der Waals surface area contributed by atoms with Gasteiger partial charge in [-0.1, -0.05) is 20.3 Å². The molecular formula is C8H15. The summed E-state index contributed by atoms with van der Waals surface area (Å²) in [5, 5.41) is 0. The van der Waals surface area contributed by atoms with E-state index in [1.807, 2.05) is 5.92 Å². The van der Waals surface area contributed by atoms with Gasteiger partial charge in [0.15, 0.2) is 0 Å². The first-order valence-electron chi connectivity index (χ1n) is 3.69. The van der Waals surface area contributed by atoms with E-state index in [-0.39, 0.29) is 0 Å². The van der Waals surface area contributed by atoms with Gasteiger partial charge in [0, 0.05) is 0 Å². The van der Waals surface area contributed by atoms with Crippen molar-refractivity contribution in [2.24, 2.45) is 5.92 Å². The summed E-state index contributed by atoms with van der Waals surface area (Å²) >= 11 is 0. The predicted molar refractivity (Wildman–Crippen MR) is 36.5 cm³/mol. The van der Waals surface area contributed by atoms with Gasteiger partial charge in [-0.05, 0) is 31.1 Å². The molecule has 0 heterocycles. The summed E-state index contributed by atoms with van der Waals surface area (Å²) in [6.07, 6.45) is 5.62. The monoisotopic (exact) mass is 111 g/mol. The van der Waals surface area contributed by atoms with Gasteiger partial charge < -0.3 is 0 Å². The van der Waals surface area contributed by atoms with Gasteiger partial charge >= 0.3 is 0 Å². The zero-order chi connectivity index (χ0) is 5.98. The van der Waals surface area contributed by atoms with E-state index in [9.17, 15) is 0 Å². The zero-order valence-electron chi connectivity index (χ0n) is 5.91. The highest BCUT2D eigenvalue weighted by Gasteiger charge is 2.25. The maximum atomic E-state index is 2.34. The predicted octanol–water partition coefficient (Wildman–Crippen LogP) is 2.79. The van der Waals surface area contributed by atoms with Crippen LogP contribution in [0.3, 0.4) is 0 Å². The third-order valence-corrected chi connectivity index (χ3v) is 2.17. The van der Waals surface area contributed by atoms with Crippen LogP contribution in [0.4, 0.5) is 0 Å². The van der Waals surface area contributed by atoms with E-state index in [1.165, 1.54) is 25.7 Å². The second kappa shape index (κ2) is 2.52. The topological polar surface area (TPSA) is 0 Å². The van der Waals surface area contributed by atoms with Gasteiger partial charge in [-0.3, -0.25) is 0 Å². The van der Waals surface area contributed by atoms with Gasteiger partial charge in [-0.2, -0.15) is 0 Å². The van der Waals surface area contributed by atoms with E-state index in [0.717, 1.165) is 5.92 Å². The summed E-state index contributed by atoms with van der Waals surface area (Å²) in [6, 6.07) is 0. The minimum Gasteiger partial charge on any atom is -0.0654 e. The minimum absolute atomic E-state index is 0.968. The van der Waals surface area contributed by atoms with Crippen molar-refractivity contribution >= 4 is 0 Å². The summed E-state index contributed by atoms with van der Waals surface area (Å²) < 4.78 is 0. The minimum atomic E-state index is 0.968. The number of hydrogen-bond acceptors (Lipinski definition) is 0. The van der Waals surface area contributed by atoms with Crippen LogP contribution in [0.5, 0.6) is 0 Å². The van der Waals surface area contributed by atoms with Crippen LogP contribution in [-0.4, -0.2) is 0 Å². The van der Waals surface area contributed by atoms with Crippen LogP contribution in [0.1, 0.15) is 39.5 Å². The highest BCUT2D eigenvalue weighted by Crippen LogP contribution is 2.38. The Morgan fingerprint density at radius 2 is 2.38 bits per heavy atom. The van der Waals surface area contributed by atoms with Crippen molar-refractivity contribution in [1.82, 2.24) is 0 Å². The molecule has 0 aromatic heterocycles. The smallest absolute Gasteiger partial charge is 0.0213 e. The molecular weight excluding hydrogens is 96.1 g/mol. The molecule has 0 amide bonds. The average molecular weight is 111 g/mol. The van der Waals surface area contributed by atoms with Gasteiger partial charge in [0.2, 0.25) is 0 Å². The molecule has 0 spiro atoms. The Labute approximate surface area is 52.3 Å². The lowest BCUT2D eigenvalue weighted by molar-refractivity contribution is 0.365. The Bertz CT molecular complexity index is 66.4. The molecule has 0 saturated heterocycles. The summed E-state index contributed by atoms with van der Waals surface area (Å²) in [7, 11) is 0. The van der Waals surface area contributed by atoms with Crippen molar-refractivity contribution < 1.29 is 0 Å². The van der Waals surface area contributed by atoms with Gasteiger partial charge in [-0.15, -0.1) is 0 Å². The van der Waals surface area contributed by atoms with Crippen molar-refractivity contribution in [2.45, 2.75) is 39.5 Å². The summed E-state index contributed by atoms with van der Waals surface area (Å²) in [6.45, 7) is 4.60. The van der Waals surface area contributed by atoms with Gasteiger partial charge in [-0.25, -0.2) is 0 Å². The second-order valence-corrected chi connectivity index (χ2v) is 2.85. The number of rotatable bonds is 2. The van der Waals surface area contributed by atoms with Crippen LogP contribution in [0.2, 0.25) is 0 Å². The van der Waals surface area contributed by atoms with E-state index in [0.29, 0.717) is 0 Å². The number of hydrogen-bond donors (Lipinski definition) is 0. The van der Waals surface area contributed by atoms with Crippen LogP contribution >= 0.6 is 0 Å². The van der Waals surface area contributed by atoms with Crippen LogP contribution < -0.4 is 0 Å². The maximum Gasteiger partial charge on any atom is -0.0213 e. The quantitative estimate of drug-likeness (QED) is 0.514. The van der Waals surface area contributed by atoms with Gasteiger partial charge in [0.1, 0.15) is 0 Å².